The lowest BCUT2D eigenvalue weighted by molar-refractivity contribution is 0.107. The van der Waals surface area contributed by atoms with Gasteiger partial charge in [-0.3, -0.25) is 9.78 Å². The zero-order chi connectivity index (χ0) is 18.5. The van der Waals surface area contributed by atoms with Crippen LogP contribution in [-0.4, -0.2) is 44.6 Å². The first-order chi connectivity index (χ1) is 12.6. The lowest BCUT2D eigenvalue weighted by Crippen LogP contribution is -2.14. The van der Waals surface area contributed by atoms with Gasteiger partial charge in [0.1, 0.15) is 11.4 Å². The van der Waals surface area contributed by atoms with E-state index in [0.29, 0.717) is 30.0 Å². The van der Waals surface area contributed by atoms with Gasteiger partial charge in [0.25, 0.3) is 5.12 Å². The number of carbonyl (C=O) groups is 1. The summed E-state index contributed by atoms with van der Waals surface area (Å²) < 4.78 is 23.3. The van der Waals surface area contributed by atoms with Gasteiger partial charge in [0, 0.05) is 31.9 Å². The maximum Gasteiger partial charge on any atom is 0.275 e. The zero-order valence-corrected chi connectivity index (χ0v) is 15.3. The summed E-state index contributed by atoms with van der Waals surface area (Å²) in [6.07, 6.45) is 2.20. The SMILES string of the molecule is COCCCOc1ccnc(C(=O)S(=O)c2nc3ccccc3[nH]2)c1C. The van der Waals surface area contributed by atoms with Crippen molar-refractivity contribution in [3.8, 4) is 5.75 Å². The van der Waals surface area contributed by atoms with Crippen LogP contribution in [0.4, 0.5) is 0 Å². The smallest absolute Gasteiger partial charge is 0.275 e. The predicted octanol–water partition coefficient (Wildman–Crippen LogP) is 2.63. The molecule has 0 saturated carbocycles. The first-order valence-electron chi connectivity index (χ1n) is 8.10. The van der Waals surface area contributed by atoms with Gasteiger partial charge in [-0.15, -0.1) is 0 Å². The third-order valence-electron chi connectivity index (χ3n) is 3.81. The lowest BCUT2D eigenvalue weighted by atomic mass is 10.2. The van der Waals surface area contributed by atoms with E-state index in [9.17, 15) is 9.00 Å². The second kappa shape index (κ2) is 8.20. The number of rotatable bonds is 7. The Morgan fingerprint density at radius 1 is 1.23 bits per heavy atom. The van der Waals surface area contributed by atoms with E-state index >= 15 is 0 Å². The number of nitrogens with zero attached hydrogens (tertiary/aromatic N) is 2. The van der Waals surface area contributed by atoms with E-state index in [4.69, 9.17) is 9.47 Å². The van der Waals surface area contributed by atoms with E-state index in [0.717, 1.165) is 11.9 Å². The Morgan fingerprint density at radius 3 is 2.81 bits per heavy atom. The molecule has 0 aliphatic rings. The fourth-order valence-electron chi connectivity index (χ4n) is 2.46. The number of aromatic amines is 1. The standard InChI is InChI=1S/C18H19N3O4S/c1-12-15(25-11-5-10-24-2)8-9-19-16(12)17(22)26(23)18-20-13-6-3-4-7-14(13)21-18/h3-4,6-9H,5,10-11H2,1-2H3,(H,20,21). The molecule has 7 nitrogen and oxygen atoms in total. The minimum atomic E-state index is -1.98. The zero-order valence-electron chi connectivity index (χ0n) is 14.5. The average Bonchev–Trinajstić information content (AvgIpc) is 3.09. The maximum absolute atomic E-state index is 12.7. The predicted molar refractivity (Wildman–Crippen MR) is 97.8 cm³/mol. The number of benzene rings is 1. The van der Waals surface area contributed by atoms with E-state index < -0.39 is 15.9 Å². The van der Waals surface area contributed by atoms with Crippen LogP contribution in [0.15, 0.2) is 41.7 Å². The summed E-state index contributed by atoms with van der Waals surface area (Å²) in [5.41, 5.74) is 2.06. The molecule has 0 aliphatic heterocycles. The van der Waals surface area contributed by atoms with Gasteiger partial charge in [0.15, 0.2) is 10.8 Å². The van der Waals surface area contributed by atoms with Crippen molar-refractivity contribution in [2.24, 2.45) is 0 Å². The molecule has 0 spiro atoms. The Bertz CT molecular complexity index is 922. The number of nitrogens with one attached hydrogen (secondary N) is 1. The fraction of sp³-hybridized carbons (Fsp3) is 0.278. The first-order valence-corrected chi connectivity index (χ1v) is 9.25. The van der Waals surface area contributed by atoms with Crippen molar-refractivity contribution < 1.29 is 18.5 Å². The van der Waals surface area contributed by atoms with Crippen LogP contribution in [0.3, 0.4) is 0 Å². The highest BCUT2D eigenvalue weighted by atomic mass is 32.2. The molecule has 2 heterocycles. The lowest BCUT2D eigenvalue weighted by Gasteiger charge is -2.10. The Balaban J connectivity index is 1.81. The summed E-state index contributed by atoms with van der Waals surface area (Å²) in [6, 6.07) is 8.95. The third-order valence-corrected chi connectivity index (χ3v) is 4.88. The summed E-state index contributed by atoms with van der Waals surface area (Å²) in [6.45, 7) is 2.77. The molecule has 0 amide bonds. The monoisotopic (exact) mass is 373 g/mol. The molecule has 26 heavy (non-hydrogen) atoms. The normalized spacial score (nSPS) is 12.2. The molecular weight excluding hydrogens is 354 g/mol. The van der Waals surface area contributed by atoms with Crippen molar-refractivity contribution in [2.45, 2.75) is 18.5 Å². The van der Waals surface area contributed by atoms with Crippen LogP contribution >= 0.6 is 0 Å². The third kappa shape index (κ3) is 3.81. The highest BCUT2D eigenvalue weighted by Crippen LogP contribution is 2.22. The van der Waals surface area contributed by atoms with Crippen molar-refractivity contribution in [1.29, 1.82) is 0 Å². The maximum atomic E-state index is 12.7. The number of para-hydroxylation sites is 2. The Labute approximate surface area is 153 Å². The van der Waals surface area contributed by atoms with Crippen LogP contribution in [0.1, 0.15) is 22.5 Å². The molecule has 3 rings (SSSR count). The van der Waals surface area contributed by atoms with Crippen molar-refractivity contribution in [3.63, 3.8) is 0 Å². The summed E-state index contributed by atoms with van der Waals surface area (Å²) >= 11 is 0. The summed E-state index contributed by atoms with van der Waals surface area (Å²) in [5.74, 6) is 0.543. The number of aromatic nitrogens is 3. The summed E-state index contributed by atoms with van der Waals surface area (Å²) in [7, 11) is -0.356. The molecule has 2 aromatic heterocycles. The number of methoxy groups -OCH3 is 1. The number of hydrogen-bond donors (Lipinski definition) is 1. The minimum Gasteiger partial charge on any atom is -0.493 e. The van der Waals surface area contributed by atoms with Gasteiger partial charge >= 0.3 is 0 Å². The molecule has 8 heteroatoms. The van der Waals surface area contributed by atoms with E-state index in [1.807, 2.05) is 18.2 Å². The molecule has 0 saturated heterocycles. The molecule has 0 bridgehead atoms. The fourth-order valence-corrected chi connectivity index (χ4v) is 3.40. The Hall–Kier alpha value is -2.58. The number of hydrogen-bond acceptors (Lipinski definition) is 6. The van der Waals surface area contributed by atoms with E-state index in [1.54, 1.807) is 26.2 Å². The number of fused-ring (bicyclic) bond motifs is 1. The number of carbonyl (C=O) groups excluding carboxylic acids is 1. The molecule has 136 valence electrons. The van der Waals surface area contributed by atoms with Gasteiger partial charge < -0.3 is 14.5 Å². The number of imidazole rings is 1. The van der Waals surface area contributed by atoms with Crippen LogP contribution in [0.25, 0.3) is 11.0 Å². The summed E-state index contributed by atoms with van der Waals surface area (Å²) in [4.78, 5) is 23.9. The molecule has 1 atom stereocenters. The van der Waals surface area contributed by atoms with Crippen LogP contribution in [0.5, 0.6) is 5.75 Å². The van der Waals surface area contributed by atoms with Crippen LogP contribution in [0.2, 0.25) is 0 Å². The van der Waals surface area contributed by atoms with E-state index in [1.165, 1.54) is 6.20 Å². The topological polar surface area (TPSA) is 94.2 Å². The number of pyridine rings is 1. The largest absolute Gasteiger partial charge is 0.493 e. The second-order valence-corrected chi connectivity index (χ2v) is 6.89. The molecule has 1 aromatic carbocycles. The highest BCUT2D eigenvalue weighted by molar-refractivity contribution is 8.00. The number of ether oxygens (including phenoxy) is 2. The second-order valence-electron chi connectivity index (χ2n) is 5.59. The van der Waals surface area contributed by atoms with Crippen molar-refractivity contribution >= 4 is 26.9 Å². The quantitative estimate of drug-likeness (QED) is 0.640. The van der Waals surface area contributed by atoms with Gasteiger partial charge in [-0.25, -0.2) is 9.19 Å². The first kappa shape index (κ1) is 18.2. The molecule has 3 aromatic rings. The molecule has 0 aliphatic carbocycles. The van der Waals surface area contributed by atoms with Crippen LogP contribution in [-0.2, 0) is 15.5 Å². The van der Waals surface area contributed by atoms with E-state index in [2.05, 4.69) is 15.0 Å². The molecule has 0 radical (unpaired) electrons. The summed E-state index contributed by atoms with van der Waals surface area (Å²) in [5, 5.41) is -0.493. The molecule has 0 fully saturated rings. The average molecular weight is 373 g/mol. The molecule has 1 unspecified atom stereocenters. The van der Waals surface area contributed by atoms with Crippen molar-refractivity contribution in [1.82, 2.24) is 15.0 Å². The van der Waals surface area contributed by atoms with Crippen LogP contribution < -0.4 is 4.74 Å². The van der Waals surface area contributed by atoms with Gasteiger partial charge in [0.2, 0.25) is 5.16 Å². The van der Waals surface area contributed by atoms with Gasteiger partial charge in [-0.1, -0.05) is 12.1 Å². The van der Waals surface area contributed by atoms with Gasteiger partial charge in [-0.2, -0.15) is 0 Å². The Morgan fingerprint density at radius 2 is 2.04 bits per heavy atom. The van der Waals surface area contributed by atoms with Crippen LogP contribution in [0, 0.1) is 6.92 Å². The van der Waals surface area contributed by atoms with E-state index in [-0.39, 0.29) is 10.9 Å². The van der Waals surface area contributed by atoms with Gasteiger partial charge in [0.05, 0.1) is 17.6 Å². The van der Waals surface area contributed by atoms with Gasteiger partial charge in [-0.05, 0) is 25.1 Å². The minimum absolute atomic E-state index is 0.115. The highest BCUT2D eigenvalue weighted by Gasteiger charge is 2.24. The number of H-pyrrole nitrogens is 1. The van der Waals surface area contributed by atoms with Crippen molar-refractivity contribution in [3.05, 3.63) is 47.8 Å². The molecular formula is C18H19N3O4S. The Kier molecular flexibility index (Phi) is 5.75. The molecule has 1 N–H and O–H groups in total. The van der Waals surface area contributed by atoms with Crippen molar-refractivity contribution in [2.75, 3.05) is 20.3 Å².